The first kappa shape index (κ1) is 24.8. The van der Waals surface area contributed by atoms with E-state index in [2.05, 4.69) is 5.32 Å². The Morgan fingerprint density at radius 1 is 1.00 bits per heavy atom. The molecule has 1 heterocycles. The Labute approximate surface area is 217 Å². The van der Waals surface area contributed by atoms with E-state index < -0.39 is 6.04 Å². The molecule has 0 radical (unpaired) electrons. The van der Waals surface area contributed by atoms with E-state index >= 15 is 0 Å². The van der Waals surface area contributed by atoms with Gasteiger partial charge in [0.2, 0.25) is 5.91 Å². The number of benzene rings is 3. The van der Waals surface area contributed by atoms with Crippen molar-refractivity contribution < 1.29 is 18.7 Å². The van der Waals surface area contributed by atoms with Crippen LogP contribution in [0.4, 0.5) is 15.8 Å². The predicted molar refractivity (Wildman–Crippen MR) is 143 cm³/mol. The molecule has 5 rings (SSSR count). The molecule has 2 atom stereocenters. The maximum atomic E-state index is 13.9. The summed E-state index contributed by atoms with van der Waals surface area (Å²) in [5, 5.41) is 3.53. The number of rotatable bonds is 5. The number of amides is 1. The van der Waals surface area contributed by atoms with E-state index in [1.807, 2.05) is 62.4 Å². The number of hydrogen-bond donors (Lipinski definition) is 1. The van der Waals surface area contributed by atoms with E-state index in [-0.39, 0.29) is 29.3 Å². The monoisotopic (exact) mass is 498 g/mol. The molecule has 190 valence electrons. The minimum Gasteiger partial charge on any atom is -0.497 e. The van der Waals surface area contributed by atoms with Crippen LogP contribution in [0.2, 0.25) is 0 Å². The highest BCUT2D eigenvalue weighted by Gasteiger charge is 2.41. The molecule has 0 saturated heterocycles. The molecule has 0 spiro atoms. The van der Waals surface area contributed by atoms with Crippen LogP contribution in [-0.4, -0.2) is 18.8 Å². The van der Waals surface area contributed by atoms with Crippen molar-refractivity contribution >= 4 is 23.1 Å². The summed E-state index contributed by atoms with van der Waals surface area (Å²) in [6.07, 6.45) is 1.27. The topological polar surface area (TPSA) is 58.6 Å². The molecule has 6 heteroatoms. The van der Waals surface area contributed by atoms with Gasteiger partial charge in [-0.3, -0.25) is 14.5 Å². The fraction of sp³-hybridized carbons (Fsp3) is 0.290. The number of allylic oxidation sites excluding steroid dienone is 1. The third-order valence-corrected chi connectivity index (χ3v) is 7.11. The first-order valence-electron chi connectivity index (χ1n) is 12.7. The summed E-state index contributed by atoms with van der Waals surface area (Å²) in [6, 6.07) is 21.0. The standard InChI is InChI=1S/C31H31FN2O3/c1-19(2)16-29(36)34-27-7-5-4-6-25(27)33-26-17-22(20-10-14-24(37-3)15-11-20)18-28(35)30(26)31(34)21-8-12-23(32)13-9-21/h4-15,19,22,31,33H,16-18H2,1-3H3/t22-,31+/m0/s1. The fourth-order valence-corrected chi connectivity index (χ4v) is 5.39. The van der Waals surface area contributed by atoms with Gasteiger partial charge < -0.3 is 10.1 Å². The normalized spacial score (nSPS) is 19.2. The molecule has 1 aliphatic heterocycles. The van der Waals surface area contributed by atoms with Crippen LogP contribution in [0.5, 0.6) is 5.75 Å². The van der Waals surface area contributed by atoms with Gasteiger partial charge in [-0.15, -0.1) is 0 Å². The molecule has 0 fully saturated rings. The van der Waals surface area contributed by atoms with Gasteiger partial charge in [0.15, 0.2) is 5.78 Å². The molecule has 2 aliphatic rings. The number of anilines is 2. The number of Topliss-reactive ketones (excluding diaryl/α,β-unsaturated/α-hetero) is 1. The Bertz CT molecular complexity index is 1350. The lowest BCUT2D eigenvalue weighted by Crippen LogP contribution is -2.39. The number of para-hydroxylation sites is 2. The van der Waals surface area contributed by atoms with E-state index in [0.717, 1.165) is 22.7 Å². The van der Waals surface area contributed by atoms with Gasteiger partial charge >= 0.3 is 0 Å². The molecule has 1 N–H and O–H groups in total. The quantitative estimate of drug-likeness (QED) is 0.421. The average Bonchev–Trinajstić information content (AvgIpc) is 3.03. The molecular formula is C31H31FN2O3. The molecule has 3 aromatic carbocycles. The highest BCUT2D eigenvalue weighted by molar-refractivity contribution is 6.06. The van der Waals surface area contributed by atoms with Crippen molar-refractivity contribution in [3.63, 3.8) is 0 Å². The maximum Gasteiger partial charge on any atom is 0.228 e. The Morgan fingerprint density at radius 3 is 2.35 bits per heavy atom. The van der Waals surface area contributed by atoms with Crippen LogP contribution in [0.15, 0.2) is 84.1 Å². The minimum atomic E-state index is -0.651. The lowest BCUT2D eigenvalue weighted by atomic mass is 9.78. The summed E-state index contributed by atoms with van der Waals surface area (Å²) < 4.78 is 19.2. The largest absolute Gasteiger partial charge is 0.497 e. The molecule has 1 aliphatic carbocycles. The summed E-state index contributed by atoms with van der Waals surface area (Å²) in [6.45, 7) is 4.01. The van der Waals surface area contributed by atoms with Gasteiger partial charge in [0, 0.05) is 24.1 Å². The number of carbonyl (C=O) groups is 2. The van der Waals surface area contributed by atoms with E-state index in [1.54, 1.807) is 24.1 Å². The third kappa shape index (κ3) is 4.88. The number of hydrogen-bond acceptors (Lipinski definition) is 4. The van der Waals surface area contributed by atoms with Gasteiger partial charge in [-0.1, -0.05) is 50.2 Å². The van der Waals surface area contributed by atoms with Gasteiger partial charge in [0.05, 0.1) is 24.5 Å². The van der Waals surface area contributed by atoms with Gasteiger partial charge in [-0.05, 0) is 65.8 Å². The van der Waals surface area contributed by atoms with Crippen LogP contribution in [0.3, 0.4) is 0 Å². The van der Waals surface area contributed by atoms with E-state index in [1.165, 1.54) is 12.1 Å². The predicted octanol–water partition coefficient (Wildman–Crippen LogP) is 6.78. The van der Waals surface area contributed by atoms with Crippen LogP contribution in [0.25, 0.3) is 0 Å². The highest BCUT2D eigenvalue weighted by Crippen LogP contribution is 2.47. The average molecular weight is 499 g/mol. The molecule has 37 heavy (non-hydrogen) atoms. The number of nitrogens with one attached hydrogen (secondary N) is 1. The SMILES string of the molecule is COc1ccc([C@@H]2CC(=O)C3=C(C2)Nc2ccccc2N(C(=O)CC(C)C)[C@@H]3c2ccc(F)cc2)cc1. The fourth-order valence-electron chi connectivity index (χ4n) is 5.39. The number of carbonyl (C=O) groups excluding carboxylic acids is 2. The van der Waals surface area contributed by atoms with Crippen molar-refractivity contribution in [2.75, 3.05) is 17.3 Å². The highest BCUT2D eigenvalue weighted by atomic mass is 19.1. The zero-order chi connectivity index (χ0) is 26.1. The first-order valence-corrected chi connectivity index (χ1v) is 12.7. The summed E-state index contributed by atoms with van der Waals surface area (Å²) >= 11 is 0. The van der Waals surface area contributed by atoms with Gasteiger partial charge in [-0.25, -0.2) is 4.39 Å². The lowest BCUT2D eigenvalue weighted by Gasteiger charge is -2.35. The van der Waals surface area contributed by atoms with Gasteiger partial charge in [0.1, 0.15) is 11.6 Å². The third-order valence-electron chi connectivity index (χ3n) is 7.11. The van der Waals surface area contributed by atoms with Gasteiger partial charge in [0.25, 0.3) is 0 Å². The zero-order valence-electron chi connectivity index (χ0n) is 21.3. The van der Waals surface area contributed by atoms with Crippen LogP contribution >= 0.6 is 0 Å². The number of nitrogens with zero attached hydrogens (tertiary/aromatic N) is 1. The molecule has 1 amide bonds. The molecule has 0 saturated carbocycles. The van der Waals surface area contributed by atoms with Gasteiger partial charge in [-0.2, -0.15) is 0 Å². The van der Waals surface area contributed by atoms with Crippen LogP contribution < -0.4 is 15.0 Å². The van der Waals surface area contributed by atoms with E-state index in [4.69, 9.17) is 4.74 Å². The summed E-state index contributed by atoms with van der Waals surface area (Å²) in [5.41, 5.74) is 4.64. The van der Waals surface area contributed by atoms with E-state index in [0.29, 0.717) is 36.1 Å². The summed E-state index contributed by atoms with van der Waals surface area (Å²) in [4.78, 5) is 29.5. The molecule has 5 nitrogen and oxygen atoms in total. The van der Waals surface area contributed by atoms with Crippen molar-refractivity contribution in [2.24, 2.45) is 5.92 Å². The molecular weight excluding hydrogens is 467 g/mol. The Hall–Kier alpha value is -3.93. The second-order valence-electron chi connectivity index (χ2n) is 10.2. The molecule has 0 unspecified atom stereocenters. The van der Waals surface area contributed by atoms with Crippen molar-refractivity contribution in [3.05, 3.63) is 101 Å². The molecule has 0 aromatic heterocycles. The van der Waals surface area contributed by atoms with Crippen molar-refractivity contribution in [2.45, 2.75) is 45.1 Å². The summed E-state index contributed by atoms with van der Waals surface area (Å²) in [5.74, 6) is 0.447. The Balaban J connectivity index is 1.67. The van der Waals surface area contributed by atoms with Crippen molar-refractivity contribution in [1.82, 2.24) is 0 Å². The zero-order valence-corrected chi connectivity index (χ0v) is 21.3. The van der Waals surface area contributed by atoms with Crippen molar-refractivity contribution in [1.29, 1.82) is 0 Å². The number of fused-ring (bicyclic) bond motifs is 1. The second-order valence-corrected chi connectivity index (χ2v) is 10.2. The van der Waals surface area contributed by atoms with Crippen molar-refractivity contribution in [3.8, 4) is 5.75 Å². The van der Waals surface area contributed by atoms with Crippen LogP contribution in [-0.2, 0) is 9.59 Å². The van der Waals surface area contributed by atoms with Crippen LogP contribution in [0, 0.1) is 11.7 Å². The first-order chi connectivity index (χ1) is 17.9. The number of halogens is 1. The van der Waals surface area contributed by atoms with E-state index in [9.17, 15) is 14.0 Å². The number of ketones is 1. The number of methoxy groups -OCH3 is 1. The van der Waals surface area contributed by atoms with Crippen LogP contribution in [0.1, 0.15) is 56.2 Å². The molecule has 3 aromatic rings. The minimum absolute atomic E-state index is 0.0106. The Kier molecular flexibility index (Phi) is 6.83. The smallest absolute Gasteiger partial charge is 0.228 e. The summed E-state index contributed by atoms with van der Waals surface area (Å²) in [7, 11) is 1.63. The number of ether oxygens (including phenoxy) is 1. The second kappa shape index (κ2) is 10.2. The lowest BCUT2D eigenvalue weighted by molar-refractivity contribution is -0.119. The Morgan fingerprint density at radius 2 is 1.68 bits per heavy atom. The molecule has 0 bridgehead atoms. The maximum absolute atomic E-state index is 13.9.